The molecule has 0 aromatic heterocycles. The summed E-state index contributed by atoms with van der Waals surface area (Å²) in [5.41, 5.74) is 9.12. The molecule has 3 heteroatoms. The molecule has 21 heavy (non-hydrogen) atoms. The predicted molar refractivity (Wildman–Crippen MR) is 90.6 cm³/mol. The molecule has 5 rings (SSSR count). The fourth-order valence-corrected chi connectivity index (χ4v) is 3.43. The second kappa shape index (κ2) is 4.05. The van der Waals surface area contributed by atoms with Gasteiger partial charge in [-0.2, -0.15) is 0 Å². The Balaban J connectivity index is 1.86. The Bertz CT molecular complexity index is 805. The van der Waals surface area contributed by atoms with Gasteiger partial charge in [-0.3, -0.25) is 0 Å². The molecule has 94 valence electrons. The van der Waals surface area contributed by atoms with Crippen molar-refractivity contribution >= 4 is 31.4 Å². The first-order valence-corrected chi connectivity index (χ1v) is 7.22. The monoisotopic (exact) mass is 263 g/mol. The van der Waals surface area contributed by atoms with E-state index in [0.29, 0.717) is 0 Å². The maximum Gasteiger partial charge on any atom is 0.271 e. The molecule has 0 N–H and O–H groups in total. The molecule has 2 aliphatic rings. The van der Waals surface area contributed by atoms with E-state index in [4.69, 9.17) is 0 Å². The molecule has 0 bridgehead atoms. The summed E-state index contributed by atoms with van der Waals surface area (Å²) >= 11 is 0. The van der Waals surface area contributed by atoms with Crippen LogP contribution in [0.3, 0.4) is 0 Å². The number of hydrogen-bond donors (Lipinski definition) is 0. The fourth-order valence-electron chi connectivity index (χ4n) is 3.43. The third-order valence-corrected chi connectivity index (χ3v) is 4.35. The minimum Gasteiger partial charge on any atom is -0.460 e. The molecule has 0 unspecified atom stereocenters. The largest absolute Gasteiger partial charge is 0.460 e. The third-order valence-electron chi connectivity index (χ3n) is 4.35. The topological polar surface area (TPSA) is 3.24 Å². The highest BCUT2D eigenvalue weighted by atomic mass is 15.0. The van der Waals surface area contributed by atoms with E-state index in [2.05, 4.69) is 86.3 Å². The zero-order chi connectivity index (χ0) is 13.8. The van der Waals surface area contributed by atoms with E-state index in [9.17, 15) is 0 Å². The van der Waals surface area contributed by atoms with Gasteiger partial charge >= 0.3 is 0 Å². The molecule has 0 aliphatic carbocycles. The zero-order valence-electron chi connectivity index (χ0n) is 11.5. The van der Waals surface area contributed by atoms with Crippen molar-refractivity contribution in [3.8, 4) is 22.3 Å². The summed E-state index contributed by atoms with van der Waals surface area (Å²) in [5.74, 6) is 0. The zero-order valence-corrected chi connectivity index (χ0v) is 11.5. The summed E-state index contributed by atoms with van der Waals surface area (Å²) in [6.07, 6.45) is 0. The van der Waals surface area contributed by atoms with Crippen molar-refractivity contribution in [2.75, 3.05) is 4.72 Å². The summed E-state index contributed by atoms with van der Waals surface area (Å²) < 4.78 is 2.27. The van der Waals surface area contributed by atoms with Crippen LogP contribution in [0.2, 0.25) is 0 Å². The number of rotatable bonds is 0. The Morgan fingerprint density at radius 2 is 1.00 bits per heavy atom. The molecule has 3 aromatic carbocycles. The van der Waals surface area contributed by atoms with E-state index in [1.165, 1.54) is 38.9 Å². The summed E-state index contributed by atoms with van der Waals surface area (Å²) in [6, 6.07) is 23.8. The van der Waals surface area contributed by atoms with E-state index in [1.54, 1.807) is 0 Å². The summed E-state index contributed by atoms with van der Waals surface area (Å²) in [5, 5.41) is 0. The first kappa shape index (κ1) is 11.3. The van der Waals surface area contributed by atoms with Gasteiger partial charge in [0, 0.05) is 16.8 Å². The molecule has 0 spiro atoms. The van der Waals surface area contributed by atoms with Crippen LogP contribution >= 0.6 is 0 Å². The highest BCUT2D eigenvalue weighted by Crippen LogP contribution is 2.41. The van der Waals surface area contributed by atoms with Crippen LogP contribution in [0.4, 0.5) is 5.69 Å². The van der Waals surface area contributed by atoms with Crippen molar-refractivity contribution < 1.29 is 0 Å². The van der Waals surface area contributed by atoms with E-state index in [0.717, 1.165) is 0 Å². The van der Waals surface area contributed by atoms with Crippen molar-refractivity contribution in [2.45, 2.75) is 0 Å². The standard InChI is InChI=1S/C18H11B2N/c1-3-10-16-12(6-1)14-8-5-9-15-13-7-2-4-11-17(13)20-21(19-16)18(14)15/h1-11H. The number of benzene rings is 3. The lowest BCUT2D eigenvalue weighted by molar-refractivity contribution is 1.47. The SMILES string of the molecule is [B]1c2ccccc2-c2cccc3c2N1[B]c1ccccc1-3. The summed E-state index contributed by atoms with van der Waals surface area (Å²) in [4.78, 5) is 0. The minimum atomic E-state index is 1.28. The number of para-hydroxylation sites is 1. The van der Waals surface area contributed by atoms with Gasteiger partial charge in [0.25, 0.3) is 14.8 Å². The smallest absolute Gasteiger partial charge is 0.271 e. The van der Waals surface area contributed by atoms with E-state index in [-0.39, 0.29) is 0 Å². The Hall–Kier alpha value is -2.41. The van der Waals surface area contributed by atoms with E-state index in [1.807, 2.05) is 0 Å². The van der Waals surface area contributed by atoms with Crippen LogP contribution in [0.15, 0.2) is 66.7 Å². The Kier molecular flexibility index (Phi) is 2.17. The molecule has 3 aromatic rings. The second-order valence-corrected chi connectivity index (χ2v) is 5.54. The lowest BCUT2D eigenvalue weighted by Crippen LogP contribution is -2.49. The molecule has 1 nitrogen and oxygen atoms in total. The summed E-state index contributed by atoms with van der Waals surface area (Å²) in [7, 11) is 4.47. The van der Waals surface area contributed by atoms with E-state index >= 15 is 0 Å². The molecular formula is C18H11B2N. The third kappa shape index (κ3) is 1.49. The van der Waals surface area contributed by atoms with E-state index < -0.39 is 0 Å². The van der Waals surface area contributed by atoms with Crippen LogP contribution in [0.25, 0.3) is 22.3 Å². The first-order valence-electron chi connectivity index (χ1n) is 7.22. The average molecular weight is 263 g/mol. The Labute approximate surface area is 125 Å². The van der Waals surface area contributed by atoms with Crippen molar-refractivity contribution in [1.29, 1.82) is 0 Å². The first-order chi connectivity index (χ1) is 10.4. The van der Waals surface area contributed by atoms with Crippen molar-refractivity contribution in [3.05, 3.63) is 66.7 Å². The summed E-state index contributed by atoms with van der Waals surface area (Å²) in [6.45, 7) is 0. The Morgan fingerprint density at radius 1 is 0.524 bits per heavy atom. The van der Waals surface area contributed by atoms with Gasteiger partial charge in [-0.15, -0.1) is 0 Å². The van der Waals surface area contributed by atoms with Crippen LogP contribution < -0.4 is 15.6 Å². The van der Waals surface area contributed by atoms with Gasteiger partial charge < -0.3 is 4.72 Å². The molecule has 2 radical (unpaired) electrons. The number of fused-ring (bicyclic) bond motifs is 4. The average Bonchev–Trinajstić information content (AvgIpc) is 2.55. The normalized spacial score (nSPS) is 13.4. The van der Waals surface area contributed by atoms with Crippen molar-refractivity contribution in [3.63, 3.8) is 0 Å². The maximum absolute atomic E-state index is 2.27. The molecular weight excluding hydrogens is 252 g/mol. The van der Waals surface area contributed by atoms with Crippen LogP contribution in [-0.4, -0.2) is 14.8 Å². The van der Waals surface area contributed by atoms with Crippen molar-refractivity contribution in [2.24, 2.45) is 0 Å². The minimum absolute atomic E-state index is 1.28. The molecule has 2 heterocycles. The van der Waals surface area contributed by atoms with Crippen LogP contribution in [0.1, 0.15) is 0 Å². The van der Waals surface area contributed by atoms with Crippen molar-refractivity contribution in [1.82, 2.24) is 0 Å². The lowest BCUT2D eigenvalue weighted by Gasteiger charge is -2.38. The van der Waals surface area contributed by atoms with Crippen LogP contribution in [-0.2, 0) is 0 Å². The lowest BCUT2D eigenvalue weighted by atomic mass is 9.59. The molecule has 0 saturated heterocycles. The van der Waals surface area contributed by atoms with Gasteiger partial charge in [0.1, 0.15) is 0 Å². The molecule has 0 saturated carbocycles. The predicted octanol–water partition coefficient (Wildman–Crippen LogP) is 2.34. The molecule has 2 aliphatic heterocycles. The van der Waals surface area contributed by atoms with Gasteiger partial charge in [-0.1, -0.05) is 77.7 Å². The highest BCUT2D eigenvalue weighted by molar-refractivity contribution is 6.80. The highest BCUT2D eigenvalue weighted by Gasteiger charge is 2.30. The molecule has 0 fully saturated rings. The maximum atomic E-state index is 2.27. The van der Waals surface area contributed by atoms with Gasteiger partial charge in [0.05, 0.1) is 0 Å². The number of hydrogen-bond acceptors (Lipinski definition) is 1. The van der Waals surface area contributed by atoms with Gasteiger partial charge in [0.2, 0.25) is 0 Å². The number of nitrogens with zero attached hydrogens (tertiary/aromatic N) is 1. The van der Waals surface area contributed by atoms with Crippen LogP contribution in [0.5, 0.6) is 0 Å². The Morgan fingerprint density at radius 3 is 1.57 bits per heavy atom. The molecule has 0 atom stereocenters. The van der Waals surface area contributed by atoms with Crippen LogP contribution in [0, 0.1) is 0 Å². The van der Waals surface area contributed by atoms with Gasteiger partial charge in [0.15, 0.2) is 0 Å². The van der Waals surface area contributed by atoms with Gasteiger partial charge in [-0.25, -0.2) is 0 Å². The fraction of sp³-hybridized carbons (Fsp3) is 0. The second-order valence-electron chi connectivity index (χ2n) is 5.54. The van der Waals surface area contributed by atoms with Gasteiger partial charge in [-0.05, 0) is 11.1 Å². The quantitative estimate of drug-likeness (QED) is 0.562. The number of anilines is 1. The molecule has 0 amide bonds.